The van der Waals surface area contributed by atoms with Crippen LogP contribution in [-0.4, -0.2) is 31.4 Å². The van der Waals surface area contributed by atoms with E-state index in [0.717, 1.165) is 29.1 Å². The van der Waals surface area contributed by atoms with Gasteiger partial charge in [0, 0.05) is 19.7 Å². The minimum atomic E-state index is 0.0926. The van der Waals surface area contributed by atoms with Crippen molar-refractivity contribution in [1.82, 2.24) is 19.7 Å². The molecule has 0 spiro atoms. The highest BCUT2D eigenvalue weighted by molar-refractivity contribution is 7.16. The molecular formula is C15H19ClN4OS. The molecule has 0 N–H and O–H groups in total. The molecule has 0 bridgehead atoms. The van der Waals surface area contributed by atoms with Gasteiger partial charge >= 0.3 is 0 Å². The molecule has 0 aromatic carbocycles. The van der Waals surface area contributed by atoms with E-state index in [9.17, 15) is 4.79 Å². The first-order chi connectivity index (χ1) is 10.6. The smallest absolute Gasteiger partial charge is 0.192 e. The van der Waals surface area contributed by atoms with Crippen LogP contribution in [0.25, 0.3) is 16.3 Å². The summed E-state index contributed by atoms with van der Waals surface area (Å²) in [4.78, 5) is 21.0. The van der Waals surface area contributed by atoms with E-state index in [0.29, 0.717) is 12.2 Å². The Labute approximate surface area is 139 Å². The summed E-state index contributed by atoms with van der Waals surface area (Å²) in [6.45, 7) is 2.10. The molecule has 0 aliphatic carbocycles. The first-order valence-electron chi connectivity index (χ1n) is 7.23. The predicted octanol–water partition coefficient (Wildman–Crippen LogP) is 3.71. The summed E-state index contributed by atoms with van der Waals surface area (Å²) in [5.41, 5.74) is 1.18. The lowest BCUT2D eigenvalue weighted by Crippen LogP contribution is -1.98. The van der Waals surface area contributed by atoms with Crippen LogP contribution in [-0.2, 0) is 11.8 Å². The number of ketones is 1. The second-order valence-electron chi connectivity index (χ2n) is 4.93. The van der Waals surface area contributed by atoms with E-state index in [1.165, 1.54) is 5.57 Å². The quantitative estimate of drug-likeness (QED) is 0.688. The summed E-state index contributed by atoms with van der Waals surface area (Å²) in [5, 5.41) is 5.27. The molecule has 118 valence electrons. The van der Waals surface area contributed by atoms with E-state index in [4.69, 9.17) is 11.6 Å². The van der Waals surface area contributed by atoms with Gasteiger partial charge in [0.05, 0.1) is 10.8 Å². The maximum Gasteiger partial charge on any atom is 0.192 e. The molecule has 0 aliphatic rings. The second kappa shape index (κ2) is 8.19. The molecule has 2 heterocycles. The van der Waals surface area contributed by atoms with Gasteiger partial charge in [0.25, 0.3) is 0 Å². The fourth-order valence-electron chi connectivity index (χ4n) is 2.06. The number of hydrogen-bond acceptors (Lipinski definition) is 5. The third-order valence-corrected chi connectivity index (χ3v) is 4.47. The van der Waals surface area contributed by atoms with E-state index >= 15 is 0 Å². The number of halogens is 1. The third kappa shape index (κ3) is 4.48. The minimum absolute atomic E-state index is 0.0926. The number of carbonyl (C=O) groups excluding carboxylic acids is 1. The number of hydrogen-bond donors (Lipinski definition) is 0. The highest BCUT2D eigenvalue weighted by atomic mass is 35.5. The lowest BCUT2D eigenvalue weighted by molar-refractivity contribution is -0.116. The maximum absolute atomic E-state index is 11.3. The molecular weight excluding hydrogens is 320 g/mol. The Balaban J connectivity index is 2.07. The molecule has 2 rings (SSSR count). The molecule has 0 atom stereocenters. The molecule has 22 heavy (non-hydrogen) atoms. The Kier molecular flexibility index (Phi) is 6.27. The number of nitrogens with zero attached hydrogens (tertiary/aromatic N) is 4. The third-order valence-electron chi connectivity index (χ3n) is 3.10. The first kappa shape index (κ1) is 16.8. The molecule has 0 saturated carbocycles. The van der Waals surface area contributed by atoms with Crippen LogP contribution < -0.4 is 0 Å². The average Bonchev–Trinajstić information content (AvgIpc) is 3.14. The Bertz CT molecular complexity index is 662. The van der Waals surface area contributed by atoms with Gasteiger partial charge in [-0.15, -0.1) is 22.9 Å². The Morgan fingerprint density at radius 1 is 1.41 bits per heavy atom. The monoisotopic (exact) mass is 338 g/mol. The van der Waals surface area contributed by atoms with E-state index in [-0.39, 0.29) is 11.7 Å². The second-order valence-corrected chi connectivity index (χ2v) is 6.23. The van der Waals surface area contributed by atoms with E-state index in [1.54, 1.807) is 22.3 Å². The lowest BCUT2D eigenvalue weighted by atomic mass is 10.1. The normalized spacial score (nSPS) is 11.9. The number of alkyl halides is 1. The lowest BCUT2D eigenvalue weighted by Gasteiger charge is -2.03. The van der Waals surface area contributed by atoms with Crippen molar-refractivity contribution >= 4 is 34.3 Å². The van der Waals surface area contributed by atoms with Crippen LogP contribution in [0.4, 0.5) is 0 Å². The number of carbonyl (C=O) groups is 1. The van der Waals surface area contributed by atoms with Crippen molar-refractivity contribution in [1.29, 1.82) is 0 Å². The van der Waals surface area contributed by atoms with Crippen molar-refractivity contribution in [2.75, 3.05) is 5.88 Å². The number of thiazole rings is 1. The highest BCUT2D eigenvalue weighted by Crippen LogP contribution is 2.30. The van der Waals surface area contributed by atoms with Crippen molar-refractivity contribution in [2.45, 2.75) is 32.6 Å². The summed E-state index contributed by atoms with van der Waals surface area (Å²) in [5.74, 6) is 0.883. The number of allylic oxidation sites excluding steroid dienone is 2. The predicted molar refractivity (Wildman–Crippen MR) is 90.0 cm³/mol. The molecule has 0 radical (unpaired) electrons. The molecule has 0 amide bonds. The zero-order valence-corrected chi connectivity index (χ0v) is 14.3. The fraction of sp³-hybridized carbons (Fsp3) is 0.467. The molecule has 2 aromatic heterocycles. The largest absolute Gasteiger partial charge is 0.298 e. The van der Waals surface area contributed by atoms with Gasteiger partial charge in [0.1, 0.15) is 17.1 Å². The molecule has 0 saturated heterocycles. The number of aromatic nitrogens is 4. The molecule has 2 aromatic rings. The molecule has 5 nitrogen and oxygen atoms in total. The molecule has 0 aliphatic heterocycles. The van der Waals surface area contributed by atoms with Gasteiger partial charge < -0.3 is 0 Å². The summed E-state index contributed by atoms with van der Waals surface area (Å²) in [7, 11) is 1.84. The Hall–Kier alpha value is -1.53. The van der Waals surface area contributed by atoms with Gasteiger partial charge in [0.15, 0.2) is 5.82 Å². The SMILES string of the molecule is CC/C=C(\CCCC(=O)CCl)c1ncc(-c2ncn(C)n2)s1. The van der Waals surface area contributed by atoms with Crippen LogP contribution in [0, 0.1) is 0 Å². The summed E-state index contributed by atoms with van der Waals surface area (Å²) in [6.07, 6.45) is 8.74. The van der Waals surface area contributed by atoms with Crippen molar-refractivity contribution < 1.29 is 4.79 Å². The number of aryl methyl sites for hydroxylation is 1. The zero-order chi connectivity index (χ0) is 15.9. The van der Waals surface area contributed by atoms with Gasteiger partial charge in [-0.1, -0.05) is 13.0 Å². The van der Waals surface area contributed by atoms with Gasteiger partial charge in [-0.3, -0.25) is 9.48 Å². The minimum Gasteiger partial charge on any atom is -0.298 e. The summed E-state index contributed by atoms with van der Waals surface area (Å²) >= 11 is 7.11. The van der Waals surface area contributed by atoms with E-state index in [2.05, 4.69) is 28.1 Å². The average molecular weight is 339 g/mol. The van der Waals surface area contributed by atoms with Crippen LogP contribution in [0.1, 0.15) is 37.6 Å². The van der Waals surface area contributed by atoms with Crippen molar-refractivity contribution in [3.63, 3.8) is 0 Å². The van der Waals surface area contributed by atoms with Crippen LogP contribution in [0.3, 0.4) is 0 Å². The van der Waals surface area contributed by atoms with E-state index < -0.39 is 0 Å². The van der Waals surface area contributed by atoms with Crippen molar-refractivity contribution in [3.05, 3.63) is 23.6 Å². The van der Waals surface area contributed by atoms with E-state index in [1.807, 2.05) is 13.2 Å². The highest BCUT2D eigenvalue weighted by Gasteiger charge is 2.12. The van der Waals surface area contributed by atoms with Crippen LogP contribution in [0.15, 0.2) is 18.6 Å². The van der Waals surface area contributed by atoms with Gasteiger partial charge in [-0.2, -0.15) is 5.10 Å². The summed E-state index contributed by atoms with van der Waals surface area (Å²) < 4.78 is 1.68. The molecule has 0 fully saturated rings. The van der Waals surface area contributed by atoms with Gasteiger partial charge in [0.2, 0.25) is 0 Å². The molecule has 0 unspecified atom stereocenters. The number of Topliss-reactive ketones (excluding diaryl/α,β-unsaturated/α-hetero) is 1. The molecule has 7 heteroatoms. The van der Waals surface area contributed by atoms with Crippen LogP contribution in [0.5, 0.6) is 0 Å². The Morgan fingerprint density at radius 2 is 2.23 bits per heavy atom. The maximum atomic E-state index is 11.3. The van der Waals surface area contributed by atoms with Gasteiger partial charge in [-0.05, 0) is 24.8 Å². The fourth-order valence-corrected chi connectivity index (χ4v) is 3.12. The Morgan fingerprint density at radius 3 is 2.86 bits per heavy atom. The standard InChI is InChI=1S/C15H19ClN4OS/c1-3-5-11(6-4-7-12(21)8-16)15-17-9-13(22-15)14-18-10-20(2)19-14/h5,9-10H,3-4,6-8H2,1-2H3/b11-5+. The number of rotatable bonds is 8. The zero-order valence-electron chi connectivity index (χ0n) is 12.8. The first-order valence-corrected chi connectivity index (χ1v) is 8.58. The van der Waals surface area contributed by atoms with Crippen LogP contribution >= 0.6 is 22.9 Å². The van der Waals surface area contributed by atoms with Crippen molar-refractivity contribution in [2.24, 2.45) is 7.05 Å². The van der Waals surface area contributed by atoms with Gasteiger partial charge in [-0.25, -0.2) is 9.97 Å². The van der Waals surface area contributed by atoms with Crippen LogP contribution in [0.2, 0.25) is 0 Å². The van der Waals surface area contributed by atoms with Crippen molar-refractivity contribution in [3.8, 4) is 10.7 Å². The topological polar surface area (TPSA) is 60.7 Å². The summed E-state index contributed by atoms with van der Waals surface area (Å²) in [6, 6.07) is 0.